The van der Waals surface area contributed by atoms with Crippen LogP contribution < -0.4 is 10.1 Å². The Hall–Kier alpha value is -1.09. The molecular weight excluding hydrogens is 241 g/mol. The van der Waals surface area contributed by atoms with Gasteiger partial charge in [-0.1, -0.05) is 25.8 Å². The summed E-state index contributed by atoms with van der Waals surface area (Å²) in [7, 11) is 1.98. The normalized spacial score (nSPS) is 27.2. The summed E-state index contributed by atoms with van der Waals surface area (Å²) in [6.45, 7) is 2.23. The molecule has 1 aliphatic carbocycles. The van der Waals surface area contributed by atoms with Crippen molar-refractivity contribution in [2.45, 2.75) is 51.2 Å². The SMILES string of the molecule is CCCC1CCC(NC)C(Oc2cccc(F)c2)C1. The van der Waals surface area contributed by atoms with Gasteiger partial charge in [0.2, 0.25) is 0 Å². The van der Waals surface area contributed by atoms with E-state index in [2.05, 4.69) is 12.2 Å². The fourth-order valence-corrected chi connectivity index (χ4v) is 3.06. The van der Waals surface area contributed by atoms with Crippen molar-refractivity contribution in [1.29, 1.82) is 0 Å². The zero-order chi connectivity index (χ0) is 13.7. The second kappa shape index (κ2) is 6.90. The zero-order valence-corrected chi connectivity index (χ0v) is 11.9. The van der Waals surface area contributed by atoms with Crippen molar-refractivity contribution >= 4 is 0 Å². The van der Waals surface area contributed by atoms with Gasteiger partial charge in [0.25, 0.3) is 0 Å². The summed E-state index contributed by atoms with van der Waals surface area (Å²) in [5.41, 5.74) is 0. The predicted octanol–water partition coefficient (Wildman–Crippen LogP) is 3.76. The van der Waals surface area contributed by atoms with Crippen molar-refractivity contribution in [3.8, 4) is 5.75 Å². The largest absolute Gasteiger partial charge is 0.489 e. The molecule has 2 rings (SSSR count). The molecule has 19 heavy (non-hydrogen) atoms. The highest BCUT2D eigenvalue weighted by Crippen LogP contribution is 2.31. The Morgan fingerprint density at radius 1 is 1.37 bits per heavy atom. The van der Waals surface area contributed by atoms with Crippen LogP contribution in [0, 0.1) is 11.7 Å². The summed E-state index contributed by atoms with van der Waals surface area (Å²) < 4.78 is 19.2. The number of halogens is 1. The number of rotatable bonds is 5. The van der Waals surface area contributed by atoms with E-state index < -0.39 is 0 Å². The smallest absolute Gasteiger partial charge is 0.126 e. The van der Waals surface area contributed by atoms with Crippen LogP contribution in [-0.4, -0.2) is 19.2 Å². The molecule has 0 amide bonds. The van der Waals surface area contributed by atoms with Gasteiger partial charge in [0.15, 0.2) is 0 Å². The average molecular weight is 265 g/mol. The van der Waals surface area contributed by atoms with Gasteiger partial charge in [0, 0.05) is 12.1 Å². The molecule has 0 heterocycles. The Morgan fingerprint density at radius 3 is 2.89 bits per heavy atom. The van der Waals surface area contributed by atoms with E-state index in [1.54, 1.807) is 6.07 Å². The van der Waals surface area contributed by atoms with Crippen LogP contribution in [0.3, 0.4) is 0 Å². The first-order valence-corrected chi connectivity index (χ1v) is 7.32. The second-order valence-corrected chi connectivity index (χ2v) is 5.48. The van der Waals surface area contributed by atoms with Gasteiger partial charge in [0.1, 0.15) is 17.7 Å². The van der Waals surface area contributed by atoms with E-state index in [0.29, 0.717) is 11.8 Å². The minimum Gasteiger partial charge on any atom is -0.489 e. The molecule has 1 fully saturated rings. The molecule has 3 heteroatoms. The Bertz CT molecular complexity index is 396. The minimum absolute atomic E-state index is 0.150. The molecule has 3 atom stereocenters. The van der Waals surface area contributed by atoms with Gasteiger partial charge in [0.05, 0.1) is 0 Å². The van der Waals surface area contributed by atoms with Crippen molar-refractivity contribution < 1.29 is 9.13 Å². The minimum atomic E-state index is -0.237. The second-order valence-electron chi connectivity index (χ2n) is 5.48. The maximum atomic E-state index is 13.2. The van der Waals surface area contributed by atoms with E-state index in [9.17, 15) is 4.39 Å². The molecule has 0 radical (unpaired) electrons. The number of benzene rings is 1. The summed E-state index contributed by atoms with van der Waals surface area (Å²) in [6, 6.07) is 6.82. The molecule has 1 N–H and O–H groups in total. The quantitative estimate of drug-likeness (QED) is 0.875. The summed E-state index contributed by atoms with van der Waals surface area (Å²) in [5.74, 6) is 1.15. The van der Waals surface area contributed by atoms with E-state index in [1.807, 2.05) is 13.1 Å². The Labute approximate surface area is 115 Å². The fraction of sp³-hybridized carbons (Fsp3) is 0.625. The van der Waals surface area contributed by atoms with E-state index in [0.717, 1.165) is 18.8 Å². The predicted molar refractivity (Wildman–Crippen MR) is 75.9 cm³/mol. The molecule has 3 unspecified atom stereocenters. The standard InChI is InChI=1S/C16H24FNO/c1-3-5-12-8-9-15(18-2)16(10-12)19-14-7-4-6-13(17)11-14/h4,6-7,11-12,15-16,18H,3,5,8-10H2,1-2H3. The third-order valence-corrected chi connectivity index (χ3v) is 4.05. The van der Waals surface area contributed by atoms with Crippen LogP contribution in [0.15, 0.2) is 24.3 Å². The van der Waals surface area contributed by atoms with Crippen LogP contribution >= 0.6 is 0 Å². The number of hydrogen-bond acceptors (Lipinski definition) is 2. The average Bonchev–Trinajstić information content (AvgIpc) is 2.39. The molecule has 106 valence electrons. The van der Waals surface area contributed by atoms with E-state index in [4.69, 9.17) is 4.74 Å². The van der Waals surface area contributed by atoms with Crippen molar-refractivity contribution in [2.24, 2.45) is 5.92 Å². The number of nitrogens with one attached hydrogen (secondary N) is 1. The maximum absolute atomic E-state index is 13.2. The van der Waals surface area contributed by atoms with Gasteiger partial charge in [-0.15, -0.1) is 0 Å². The third kappa shape index (κ3) is 3.93. The lowest BCUT2D eigenvalue weighted by Gasteiger charge is -2.36. The molecule has 0 aromatic heterocycles. The van der Waals surface area contributed by atoms with Crippen molar-refractivity contribution in [3.05, 3.63) is 30.1 Å². The van der Waals surface area contributed by atoms with E-state index in [1.165, 1.54) is 31.4 Å². The van der Waals surface area contributed by atoms with Crippen molar-refractivity contribution in [3.63, 3.8) is 0 Å². The lowest BCUT2D eigenvalue weighted by atomic mass is 9.81. The van der Waals surface area contributed by atoms with Crippen molar-refractivity contribution in [1.82, 2.24) is 5.32 Å². The van der Waals surface area contributed by atoms with Crippen LogP contribution in [0.25, 0.3) is 0 Å². The van der Waals surface area contributed by atoms with Gasteiger partial charge in [-0.2, -0.15) is 0 Å². The third-order valence-electron chi connectivity index (χ3n) is 4.05. The number of ether oxygens (including phenoxy) is 1. The number of likely N-dealkylation sites (N-methyl/N-ethyl adjacent to an activating group) is 1. The summed E-state index contributed by atoms with van der Waals surface area (Å²) in [6.07, 6.45) is 6.11. The summed E-state index contributed by atoms with van der Waals surface area (Å²) in [5, 5.41) is 3.33. The Kier molecular flexibility index (Phi) is 5.20. The molecule has 1 aromatic carbocycles. The first-order chi connectivity index (χ1) is 9.22. The molecule has 1 aliphatic rings. The summed E-state index contributed by atoms with van der Waals surface area (Å²) >= 11 is 0. The summed E-state index contributed by atoms with van der Waals surface area (Å²) in [4.78, 5) is 0. The van der Waals surface area contributed by atoms with E-state index in [-0.39, 0.29) is 11.9 Å². The van der Waals surface area contributed by atoms with Crippen LogP contribution in [0.5, 0.6) is 5.75 Å². The van der Waals surface area contributed by atoms with Gasteiger partial charge in [-0.05, 0) is 44.4 Å². The highest BCUT2D eigenvalue weighted by molar-refractivity contribution is 5.23. The van der Waals surface area contributed by atoms with Gasteiger partial charge in [-0.3, -0.25) is 0 Å². The molecular formula is C16H24FNO. The first kappa shape index (κ1) is 14.3. The van der Waals surface area contributed by atoms with Crippen LogP contribution in [0.2, 0.25) is 0 Å². The van der Waals surface area contributed by atoms with Gasteiger partial charge >= 0.3 is 0 Å². The first-order valence-electron chi connectivity index (χ1n) is 7.32. The highest BCUT2D eigenvalue weighted by Gasteiger charge is 2.30. The van der Waals surface area contributed by atoms with Gasteiger partial charge in [-0.25, -0.2) is 4.39 Å². The molecule has 0 bridgehead atoms. The molecule has 0 aliphatic heterocycles. The van der Waals surface area contributed by atoms with E-state index >= 15 is 0 Å². The molecule has 0 spiro atoms. The lowest BCUT2D eigenvalue weighted by molar-refractivity contribution is 0.0863. The Morgan fingerprint density at radius 2 is 2.21 bits per heavy atom. The van der Waals surface area contributed by atoms with Crippen LogP contribution in [0.1, 0.15) is 39.0 Å². The lowest BCUT2D eigenvalue weighted by Crippen LogP contribution is -2.45. The number of hydrogen-bond donors (Lipinski definition) is 1. The maximum Gasteiger partial charge on any atom is 0.126 e. The zero-order valence-electron chi connectivity index (χ0n) is 11.9. The van der Waals surface area contributed by atoms with Crippen LogP contribution in [0.4, 0.5) is 4.39 Å². The fourth-order valence-electron chi connectivity index (χ4n) is 3.06. The molecule has 2 nitrogen and oxygen atoms in total. The monoisotopic (exact) mass is 265 g/mol. The molecule has 0 saturated heterocycles. The highest BCUT2D eigenvalue weighted by atomic mass is 19.1. The van der Waals surface area contributed by atoms with Gasteiger partial charge < -0.3 is 10.1 Å². The molecule has 1 aromatic rings. The topological polar surface area (TPSA) is 21.3 Å². The Balaban J connectivity index is 2.01. The van der Waals surface area contributed by atoms with Crippen molar-refractivity contribution in [2.75, 3.05) is 7.05 Å². The molecule has 1 saturated carbocycles. The van der Waals surface area contributed by atoms with Crippen LogP contribution in [-0.2, 0) is 0 Å².